The number of nitrogens with one attached hydrogen (secondary N) is 1. The van der Waals surface area contributed by atoms with Gasteiger partial charge >= 0.3 is 0 Å². The minimum Gasteiger partial charge on any atom is -0.337 e. The molecular weight excluding hydrogens is 244 g/mol. The van der Waals surface area contributed by atoms with Crippen molar-refractivity contribution in [1.29, 1.82) is 0 Å². The van der Waals surface area contributed by atoms with Crippen molar-refractivity contribution in [1.82, 2.24) is 20.4 Å². The fourth-order valence-corrected chi connectivity index (χ4v) is 2.41. The molecule has 1 saturated heterocycles. The smallest absolute Gasteiger partial charge is 0.295 e. The molecule has 1 saturated carbocycles. The summed E-state index contributed by atoms with van der Waals surface area (Å²) in [7, 11) is 0. The summed E-state index contributed by atoms with van der Waals surface area (Å²) in [6, 6.07) is 0.417. The van der Waals surface area contributed by atoms with Crippen LogP contribution >= 0.6 is 0 Å². The first-order valence-corrected chi connectivity index (χ1v) is 6.78. The molecule has 0 bridgehead atoms. The van der Waals surface area contributed by atoms with Gasteiger partial charge in [0, 0.05) is 12.6 Å². The highest BCUT2D eigenvalue weighted by atomic mass is 16.5. The van der Waals surface area contributed by atoms with Crippen LogP contribution in [0, 0.1) is 0 Å². The molecule has 1 aliphatic heterocycles. The fraction of sp³-hybridized carbons (Fsp3) is 0.615. The topological polar surface area (TPSA) is 71.3 Å². The second-order valence-electron chi connectivity index (χ2n) is 5.08. The molecule has 2 fully saturated rings. The van der Waals surface area contributed by atoms with Gasteiger partial charge < -0.3 is 14.7 Å². The Morgan fingerprint density at radius 3 is 3.00 bits per heavy atom. The lowest BCUT2D eigenvalue weighted by atomic mass is 10.2. The van der Waals surface area contributed by atoms with Crippen molar-refractivity contribution in [3.05, 3.63) is 24.4 Å². The van der Waals surface area contributed by atoms with Gasteiger partial charge in [0.05, 0.1) is 6.04 Å². The second kappa shape index (κ2) is 5.13. The Morgan fingerprint density at radius 2 is 2.37 bits per heavy atom. The van der Waals surface area contributed by atoms with Crippen molar-refractivity contribution in [2.75, 3.05) is 13.1 Å². The summed E-state index contributed by atoms with van der Waals surface area (Å²) >= 11 is 0. The molecule has 1 aromatic rings. The molecule has 0 radical (unpaired) electrons. The number of carbonyl (C=O) groups is 1. The van der Waals surface area contributed by atoms with E-state index in [1.54, 1.807) is 11.0 Å². The Bertz CT molecular complexity index is 475. The van der Waals surface area contributed by atoms with Crippen molar-refractivity contribution in [2.45, 2.75) is 37.8 Å². The monoisotopic (exact) mass is 262 g/mol. The van der Waals surface area contributed by atoms with Gasteiger partial charge in [-0.3, -0.25) is 4.79 Å². The Labute approximate surface area is 111 Å². The second-order valence-corrected chi connectivity index (χ2v) is 5.08. The highest BCUT2D eigenvalue weighted by Crippen LogP contribution is 2.28. The molecule has 1 aliphatic carbocycles. The Hall–Kier alpha value is -1.69. The van der Waals surface area contributed by atoms with Crippen LogP contribution in [0.25, 0.3) is 0 Å². The number of aromatic nitrogens is 2. The molecule has 0 aromatic carbocycles. The SMILES string of the molecule is C=CCN(C(=O)c1noc(C2CCCN2)n1)C1CC1. The van der Waals surface area contributed by atoms with Gasteiger partial charge in [0.1, 0.15) is 0 Å². The van der Waals surface area contributed by atoms with E-state index >= 15 is 0 Å². The number of amides is 1. The van der Waals surface area contributed by atoms with Crippen LogP contribution in [0.1, 0.15) is 48.2 Å². The van der Waals surface area contributed by atoms with Crippen LogP contribution in [0.5, 0.6) is 0 Å². The normalized spacial score (nSPS) is 22.4. The lowest BCUT2D eigenvalue weighted by Crippen LogP contribution is -2.34. The summed E-state index contributed by atoms with van der Waals surface area (Å²) in [5.41, 5.74) is 0. The van der Waals surface area contributed by atoms with Crippen LogP contribution in [0.3, 0.4) is 0 Å². The van der Waals surface area contributed by atoms with Gasteiger partial charge in [-0.25, -0.2) is 0 Å². The first-order valence-electron chi connectivity index (χ1n) is 6.78. The number of hydrogen-bond donors (Lipinski definition) is 1. The molecule has 102 valence electrons. The van der Waals surface area contributed by atoms with Crippen molar-refractivity contribution in [3.63, 3.8) is 0 Å². The summed E-state index contributed by atoms with van der Waals surface area (Å²) in [5, 5.41) is 7.10. The van der Waals surface area contributed by atoms with E-state index in [4.69, 9.17) is 4.52 Å². The van der Waals surface area contributed by atoms with Crippen LogP contribution in [-0.4, -0.2) is 40.1 Å². The molecule has 1 unspecified atom stereocenters. The lowest BCUT2D eigenvalue weighted by Gasteiger charge is -2.18. The quantitative estimate of drug-likeness (QED) is 0.809. The van der Waals surface area contributed by atoms with E-state index in [0.29, 0.717) is 18.5 Å². The van der Waals surface area contributed by atoms with E-state index in [9.17, 15) is 4.79 Å². The van der Waals surface area contributed by atoms with Crippen LogP contribution in [-0.2, 0) is 0 Å². The average molecular weight is 262 g/mol. The van der Waals surface area contributed by atoms with E-state index in [2.05, 4.69) is 22.0 Å². The van der Waals surface area contributed by atoms with Gasteiger partial charge in [-0.05, 0) is 32.2 Å². The summed E-state index contributed by atoms with van der Waals surface area (Å²) < 4.78 is 5.20. The van der Waals surface area contributed by atoms with Crippen LogP contribution in [0.2, 0.25) is 0 Å². The summed E-state index contributed by atoms with van der Waals surface area (Å²) in [6.45, 7) is 5.18. The number of nitrogens with zero attached hydrogens (tertiary/aromatic N) is 3. The maximum absolute atomic E-state index is 12.3. The Morgan fingerprint density at radius 1 is 1.53 bits per heavy atom. The summed E-state index contributed by atoms with van der Waals surface area (Å²) in [4.78, 5) is 18.3. The third-order valence-corrected chi connectivity index (χ3v) is 3.57. The molecule has 1 aromatic heterocycles. The maximum atomic E-state index is 12.3. The van der Waals surface area contributed by atoms with Crippen LogP contribution < -0.4 is 5.32 Å². The minimum absolute atomic E-state index is 0.0998. The molecule has 6 heteroatoms. The summed E-state index contributed by atoms with van der Waals surface area (Å²) in [6.07, 6.45) is 5.91. The van der Waals surface area contributed by atoms with Crippen molar-refractivity contribution < 1.29 is 9.32 Å². The first kappa shape index (κ1) is 12.3. The van der Waals surface area contributed by atoms with Crippen molar-refractivity contribution in [3.8, 4) is 0 Å². The molecule has 3 rings (SSSR count). The molecule has 19 heavy (non-hydrogen) atoms. The fourth-order valence-electron chi connectivity index (χ4n) is 2.41. The van der Waals surface area contributed by atoms with E-state index < -0.39 is 0 Å². The van der Waals surface area contributed by atoms with Crippen molar-refractivity contribution in [2.24, 2.45) is 0 Å². The zero-order valence-electron chi connectivity index (χ0n) is 10.8. The maximum Gasteiger partial charge on any atom is 0.295 e. The minimum atomic E-state index is -0.157. The molecule has 1 atom stereocenters. The highest BCUT2D eigenvalue weighted by molar-refractivity contribution is 5.90. The third-order valence-electron chi connectivity index (χ3n) is 3.57. The number of hydrogen-bond acceptors (Lipinski definition) is 5. The van der Waals surface area contributed by atoms with Gasteiger partial charge in [-0.2, -0.15) is 4.98 Å². The molecule has 6 nitrogen and oxygen atoms in total. The third kappa shape index (κ3) is 2.53. The Balaban J connectivity index is 1.73. The van der Waals surface area contributed by atoms with Crippen LogP contribution in [0.4, 0.5) is 0 Å². The van der Waals surface area contributed by atoms with E-state index in [1.807, 2.05) is 0 Å². The zero-order valence-corrected chi connectivity index (χ0v) is 10.8. The van der Waals surface area contributed by atoms with E-state index in [0.717, 1.165) is 32.2 Å². The van der Waals surface area contributed by atoms with Gasteiger partial charge in [0.15, 0.2) is 0 Å². The Kier molecular flexibility index (Phi) is 3.33. The number of rotatable bonds is 5. The number of carbonyl (C=O) groups excluding carboxylic acids is 1. The zero-order chi connectivity index (χ0) is 13.2. The van der Waals surface area contributed by atoms with Gasteiger partial charge in [-0.15, -0.1) is 6.58 Å². The molecular formula is C13H18N4O2. The standard InChI is InChI=1S/C13H18N4O2/c1-2-8-17(9-5-6-9)13(18)11-15-12(19-16-11)10-4-3-7-14-10/h2,9-10,14H,1,3-8H2. The lowest BCUT2D eigenvalue weighted by molar-refractivity contribution is 0.0747. The predicted octanol–water partition coefficient (Wildman–Crippen LogP) is 1.28. The molecule has 1 N–H and O–H groups in total. The van der Waals surface area contributed by atoms with E-state index in [-0.39, 0.29) is 17.8 Å². The predicted molar refractivity (Wildman–Crippen MR) is 68.5 cm³/mol. The molecule has 2 aliphatic rings. The molecule has 1 amide bonds. The van der Waals surface area contributed by atoms with E-state index in [1.165, 1.54) is 0 Å². The average Bonchev–Trinajstić information content (AvgIpc) is 2.95. The summed E-state index contributed by atoms with van der Waals surface area (Å²) in [5.74, 6) is 0.531. The molecule has 0 spiro atoms. The van der Waals surface area contributed by atoms with Gasteiger partial charge in [0.25, 0.3) is 11.7 Å². The van der Waals surface area contributed by atoms with Gasteiger partial charge in [-0.1, -0.05) is 11.2 Å². The van der Waals surface area contributed by atoms with Crippen LogP contribution in [0.15, 0.2) is 17.2 Å². The highest BCUT2D eigenvalue weighted by Gasteiger charge is 2.34. The largest absolute Gasteiger partial charge is 0.337 e. The van der Waals surface area contributed by atoms with Gasteiger partial charge in [0.2, 0.25) is 5.89 Å². The van der Waals surface area contributed by atoms with Crippen molar-refractivity contribution >= 4 is 5.91 Å². The molecule has 2 heterocycles. The first-order chi connectivity index (χ1) is 9.29.